The maximum absolute atomic E-state index is 12.5. The minimum absolute atomic E-state index is 0.121. The van der Waals surface area contributed by atoms with Crippen LogP contribution in [0.25, 0.3) is 22.3 Å². The SMILES string of the molecule is CC(C)(C)OC(=O)n1ccc2c(-c3cnn(C4(CC#N)CN(S(=O)[O-])C4)c3)ncnc21. The van der Waals surface area contributed by atoms with Gasteiger partial charge in [0, 0.05) is 47.7 Å². The van der Waals surface area contributed by atoms with E-state index in [-0.39, 0.29) is 19.5 Å². The molecule has 4 heterocycles. The monoisotopic (exact) mass is 442 g/mol. The van der Waals surface area contributed by atoms with Crippen molar-refractivity contribution in [2.24, 2.45) is 0 Å². The van der Waals surface area contributed by atoms with Crippen LogP contribution in [0.5, 0.6) is 0 Å². The molecule has 1 aliphatic heterocycles. The lowest BCUT2D eigenvalue weighted by Gasteiger charge is -2.49. The van der Waals surface area contributed by atoms with Crippen molar-refractivity contribution in [3.05, 3.63) is 31.0 Å². The van der Waals surface area contributed by atoms with E-state index in [1.165, 1.54) is 15.2 Å². The fourth-order valence-corrected chi connectivity index (χ4v) is 4.24. The van der Waals surface area contributed by atoms with Gasteiger partial charge in [0.25, 0.3) is 0 Å². The van der Waals surface area contributed by atoms with Gasteiger partial charge >= 0.3 is 6.09 Å². The number of ether oxygens (including phenoxy) is 1. The number of fused-ring (bicyclic) bond motifs is 1. The first-order valence-corrected chi connectivity index (χ1v) is 10.5. The van der Waals surface area contributed by atoms with E-state index in [1.54, 1.807) is 50.1 Å². The number of carbonyl (C=O) groups is 1. The fourth-order valence-electron chi connectivity index (χ4n) is 3.54. The van der Waals surface area contributed by atoms with Crippen molar-refractivity contribution in [1.82, 2.24) is 28.6 Å². The van der Waals surface area contributed by atoms with E-state index in [1.807, 2.05) is 0 Å². The van der Waals surface area contributed by atoms with Crippen LogP contribution in [-0.2, 0) is 21.5 Å². The van der Waals surface area contributed by atoms with Crippen molar-refractivity contribution in [3.8, 4) is 17.3 Å². The van der Waals surface area contributed by atoms with Crippen molar-refractivity contribution in [2.75, 3.05) is 13.1 Å². The highest BCUT2D eigenvalue weighted by Crippen LogP contribution is 2.34. The second kappa shape index (κ2) is 7.52. The van der Waals surface area contributed by atoms with Crippen LogP contribution in [-0.4, -0.2) is 62.2 Å². The Labute approximate surface area is 180 Å². The molecule has 12 heteroatoms. The molecule has 1 unspecified atom stereocenters. The number of carbonyl (C=O) groups excluding carboxylic acids is 1. The molecule has 11 nitrogen and oxygen atoms in total. The van der Waals surface area contributed by atoms with Crippen molar-refractivity contribution in [3.63, 3.8) is 0 Å². The summed E-state index contributed by atoms with van der Waals surface area (Å²) in [5.74, 6) is 0. The third-order valence-electron chi connectivity index (χ3n) is 4.97. The van der Waals surface area contributed by atoms with E-state index in [0.717, 1.165) is 0 Å². The Kier molecular flexibility index (Phi) is 5.12. The van der Waals surface area contributed by atoms with Gasteiger partial charge in [0.05, 0.1) is 24.4 Å². The molecule has 0 bridgehead atoms. The minimum Gasteiger partial charge on any atom is -0.760 e. The first-order chi connectivity index (χ1) is 14.6. The standard InChI is InChI=1S/C19H21N7O4S/c1-18(2,3)30-17(27)25-7-4-14-15(21-12-22-16(14)25)13-8-23-26(9-13)19(5-6-20)10-24(11-19)31(28)29/h4,7-9,12H,5,10-11H2,1-3H3,(H,28,29)/p-1. The molecule has 3 aromatic heterocycles. The summed E-state index contributed by atoms with van der Waals surface area (Å²) in [5.41, 5.74) is 0.254. The van der Waals surface area contributed by atoms with Crippen LogP contribution >= 0.6 is 0 Å². The van der Waals surface area contributed by atoms with E-state index in [2.05, 4.69) is 21.1 Å². The molecule has 0 amide bonds. The van der Waals surface area contributed by atoms with Gasteiger partial charge in [-0.3, -0.25) is 8.89 Å². The molecule has 1 aliphatic rings. The lowest BCUT2D eigenvalue weighted by molar-refractivity contribution is 0.0543. The van der Waals surface area contributed by atoms with Gasteiger partial charge in [0.15, 0.2) is 5.65 Å². The van der Waals surface area contributed by atoms with Gasteiger partial charge in [-0.2, -0.15) is 10.4 Å². The summed E-state index contributed by atoms with van der Waals surface area (Å²) in [4.78, 5) is 21.1. The molecule has 1 saturated heterocycles. The number of rotatable bonds is 4. The first kappa shape index (κ1) is 21.1. The highest BCUT2D eigenvalue weighted by molar-refractivity contribution is 7.76. The van der Waals surface area contributed by atoms with Crippen molar-refractivity contribution >= 4 is 28.4 Å². The van der Waals surface area contributed by atoms with Gasteiger partial charge < -0.3 is 9.29 Å². The van der Waals surface area contributed by atoms with Crippen LogP contribution in [0.1, 0.15) is 27.2 Å². The zero-order chi connectivity index (χ0) is 22.4. The molecule has 0 saturated carbocycles. The molecule has 162 valence electrons. The average molecular weight is 442 g/mol. The molecule has 3 aromatic rings. The largest absolute Gasteiger partial charge is 0.760 e. The van der Waals surface area contributed by atoms with Crippen LogP contribution in [0.2, 0.25) is 0 Å². The number of hydrogen-bond donors (Lipinski definition) is 0. The molecule has 31 heavy (non-hydrogen) atoms. The van der Waals surface area contributed by atoms with Crippen molar-refractivity contribution < 1.29 is 18.3 Å². The van der Waals surface area contributed by atoms with Gasteiger partial charge in [-0.15, -0.1) is 0 Å². The Bertz CT molecular complexity index is 1210. The first-order valence-electron chi connectivity index (χ1n) is 9.46. The highest BCUT2D eigenvalue weighted by Gasteiger charge is 2.46. The summed E-state index contributed by atoms with van der Waals surface area (Å²) in [6, 6.07) is 3.84. The topological polar surface area (TPSA) is 142 Å². The molecule has 0 aliphatic carbocycles. The smallest absolute Gasteiger partial charge is 0.420 e. The lowest BCUT2D eigenvalue weighted by Crippen LogP contribution is -2.62. The van der Waals surface area contributed by atoms with E-state index in [4.69, 9.17) is 4.74 Å². The summed E-state index contributed by atoms with van der Waals surface area (Å²) < 4.78 is 32.0. The van der Waals surface area contributed by atoms with E-state index in [9.17, 15) is 18.8 Å². The molecule has 0 aromatic carbocycles. The van der Waals surface area contributed by atoms with E-state index in [0.29, 0.717) is 22.3 Å². The molecule has 0 N–H and O–H groups in total. The summed E-state index contributed by atoms with van der Waals surface area (Å²) in [6.45, 7) is 5.70. The fraction of sp³-hybridized carbons (Fsp3) is 0.421. The Hall–Kier alpha value is -3.14. The molecule has 0 radical (unpaired) electrons. The van der Waals surface area contributed by atoms with Crippen LogP contribution in [0.4, 0.5) is 4.79 Å². The van der Waals surface area contributed by atoms with Crippen molar-refractivity contribution in [1.29, 1.82) is 5.26 Å². The van der Waals surface area contributed by atoms with Crippen molar-refractivity contribution in [2.45, 2.75) is 38.3 Å². The Morgan fingerprint density at radius 3 is 2.77 bits per heavy atom. The zero-order valence-corrected chi connectivity index (χ0v) is 18.0. The lowest BCUT2D eigenvalue weighted by atomic mass is 9.89. The Morgan fingerprint density at radius 2 is 2.13 bits per heavy atom. The maximum atomic E-state index is 12.5. The zero-order valence-electron chi connectivity index (χ0n) is 17.2. The van der Waals surface area contributed by atoms with Gasteiger partial charge in [0.1, 0.15) is 17.5 Å². The van der Waals surface area contributed by atoms with Gasteiger partial charge in [-0.1, -0.05) is 0 Å². The Morgan fingerprint density at radius 1 is 1.39 bits per heavy atom. The van der Waals surface area contributed by atoms with Gasteiger partial charge in [-0.25, -0.2) is 23.6 Å². The summed E-state index contributed by atoms with van der Waals surface area (Å²) >= 11 is -2.34. The normalized spacial score (nSPS) is 17.1. The predicted molar refractivity (Wildman–Crippen MR) is 109 cm³/mol. The van der Waals surface area contributed by atoms with Crippen LogP contribution in [0.15, 0.2) is 31.0 Å². The molecular weight excluding hydrogens is 422 g/mol. The number of nitrogens with zero attached hydrogens (tertiary/aromatic N) is 7. The predicted octanol–water partition coefficient (Wildman–Crippen LogP) is 1.80. The third kappa shape index (κ3) is 3.83. The number of hydrogen-bond acceptors (Lipinski definition) is 8. The molecule has 1 fully saturated rings. The highest BCUT2D eigenvalue weighted by atomic mass is 32.2. The van der Waals surface area contributed by atoms with Gasteiger partial charge in [-0.05, 0) is 26.8 Å². The van der Waals surface area contributed by atoms with E-state index >= 15 is 0 Å². The van der Waals surface area contributed by atoms with Crippen LogP contribution in [0.3, 0.4) is 0 Å². The van der Waals surface area contributed by atoms with E-state index < -0.39 is 28.5 Å². The average Bonchev–Trinajstić information content (AvgIpc) is 3.29. The molecule has 0 spiro atoms. The summed E-state index contributed by atoms with van der Waals surface area (Å²) in [5, 5.41) is 14.2. The third-order valence-corrected chi connectivity index (χ3v) is 5.65. The van der Waals surface area contributed by atoms with Crippen LogP contribution < -0.4 is 0 Å². The summed E-state index contributed by atoms with van der Waals surface area (Å²) in [7, 11) is 0. The molecule has 1 atom stereocenters. The Balaban J connectivity index is 1.68. The molecule has 4 rings (SSSR count). The van der Waals surface area contributed by atoms with Crippen LogP contribution in [0, 0.1) is 11.3 Å². The second-order valence-electron chi connectivity index (χ2n) is 8.37. The minimum atomic E-state index is -2.34. The number of aromatic nitrogens is 5. The van der Waals surface area contributed by atoms with Gasteiger partial charge in [0.2, 0.25) is 0 Å². The number of nitriles is 1. The maximum Gasteiger partial charge on any atom is 0.420 e. The quantitative estimate of drug-likeness (QED) is 0.557. The molecular formula is C19H20N7O4S-. The summed E-state index contributed by atoms with van der Waals surface area (Å²) in [6.07, 6.45) is 5.84. The second-order valence-corrected chi connectivity index (χ2v) is 9.32.